The van der Waals surface area contributed by atoms with Crippen LogP contribution in [0.4, 0.5) is 0 Å². The highest BCUT2D eigenvalue weighted by molar-refractivity contribution is 9.09. The number of nitrogens with zero attached hydrogens (tertiary/aromatic N) is 1. The molecule has 1 fully saturated rings. The Morgan fingerprint density at radius 1 is 1.29 bits per heavy atom. The molecule has 1 aliphatic heterocycles. The van der Waals surface area contributed by atoms with Crippen LogP contribution in [0.25, 0.3) is 0 Å². The first-order chi connectivity index (χ1) is 7.76. The lowest BCUT2D eigenvalue weighted by molar-refractivity contribution is 0.0414. The van der Waals surface area contributed by atoms with Crippen LogP contribution in [0, 0.1) is 0 Å². The van der Waals surface area contributed by atoms with Crippen molar-refractivity contribution >= 4 is 35.8 Å². The summed E-state index contributed by atoms with van der Waals surface area (Å²) in [4.78, 5) is 0. The van der Waals surface area contributed by atoms with E-state index in [2.05, 4.69) is 15.9 Å². The van der Waals surface area contributed by atoms with Crippen LogP contribution in [0.5, 0.6) is 0 Å². The van der Waals surface area contributed by atoms with Crippen molar-refractivity contribution in [3.05, 3.63) is 0 Å². The fourth-order valence-electron chi connectivity index (χ4n) is 1.50. The average molecular weight is 350 g/mol. The number of hydrogen-bond donors (Lipinski definition) is 0. The molecule has 17 heavy (non-hydrogen) atoms. The van der Waals surface area contributed by atoms with Crippen molar-refractivity contribution in [1.29, 1.82) is 0 Å². The lowest BCUT2D eigenvalue weighted by Crippen LogP contribution is -2.50. The molecule has 0 aliphatic carbocycles. The maximum atomic E-state index is 12.0. The predicted molar refractivity (Wildman–Crippen MR) is 68.6 cm³/mol. The highest BCUT2D eigenvalue weighted by Gasteiger charge is 2.32. The van der Waals surface area contributed by atoms with Gasteiger partial charge < -0.3 is 4.74 Å². The molecule has 9 heteroatoms. The van der Waals surface area contributed by atoms with Crippen LogP contribution in [0.2, 0.25) is 0 Å². The summed E-state index contributed by atoms with van der Waals surface area (Å²) >= 11 is 3.23. The normalized spacial score (nSPS) is 23.8. The Morgan fingerprint density at radius 2 is 1.94 bits per heavy atom. The molecular weight excluding hydrogens is 334 g/mol. The maximum absolute atomic E-state index is 12.0. The number of sulfone groups is 1. The van der Waals surface area contributed by atoms with Crippen molar-refractivity contribution in [2.45, 2.75) is 6.04 Å². The average Bonchev–Trinajstić information content (AvgIpc) is 2.26. The first-order valence-corrected chi connectivity index (χ1v) is 9.86. The monoisotopic (exact) mass is 349 g/mol. The van der Waals surface area contributed by atoms with Gasteiger partial charge >= 0.3 is 0 Å². The minimum Gasteiger partial charge on any atom is -0.378 e. The van der Waals surface area contributed by atoms with Crippen molar-refractivity contribution in [3.8, 4) is 0 Å². The molecule has 1 rings (SSSR count). The molecule has 0 saturated carbocycles. The van der Waals surface area contributed by atoms with Gasteiger partial charge in [0.25, 0.3) is 0 Å². The number of rotatable bonds is 5. The Morgan fingerprint density at radius 3 is 2.47 bits per heavy atom. The SMILES string of the molecule is CS(=O)(=O)CCS(=O)(=O)N1CCOCC1CBr. The summed E-state index contributed by atoms with van der Waals surface area (Å²) in [5.74, 6) is -0.711. The van der Waals surface area contributed by atoms with E-state index in [4.69, 9.17) is 4.74 Å². The van der Waals surface area contributed by atoms with Gasteiger partial charge in [-0.25, -0.2) is 16.8 Å². The quantitative estimate of drug-likeness (QED) is 0.622. The summed E-state index contributed by atoms with van der Waals surface area (Å²) in [6.07, 6.45) is 1.03. The third-order valence-corrected chi connectivity index (χ3v) is 6.29. The van der Waals surface area contributed by atoms with E-state index in [0.717, 1.165) is 6.26 Å². The second kappa shape index (κ2) is 5.96. The molecule has 1 saturated heterocycles. The number of halogens is 1. The Kier molecular flexibility index (Phi) is 5.39. The summed E-state index contributed by atoms with van der Waals surface area (Å²) in [7, 11) is -6.80. The van der Waals surface area contributed by atoms with E-state index in [-0.39, 0.29) is 24.1 Å². The molecule has 1 unspecified atom stereocenters. The van der Waals surface area contributed by atoms with Crippen LogP contribution >= 0.6 is 15.9 Å². The van der Waals surface area contributed by atoms with Gasteiger partial charge in [-0.3, -0.25) is 0 Å². The highest BCUT2D eigenvalue weighted by Crippen LogP contribution is 2.15. The fourth-order valence-corrected chi connectivity index (χ4v) is 5.46. The smallest absolute Gasteiger partial charge is 0.215 e. The highest BCUT2D eigenvalue weighted by atomic mass is 79.9. The first-order valence-electron chi connectivity index (χ1n) is 5.07. The van der Waals surface area contributed by atoms with Gasteiger partial charge in [-0.1, -0.05) is 15.9 Å². The molecule has 0 N–H and O–H groups in total. The lowest BCUT2D eigenvalue weighted by atomic mass is 10.3. The third-order valence-electron chi connectivity index (χ3n) is 2.42. The molecule has 0 amide bonds. The van der Waals surface area contributed by atoms with Gasteiger partial charge in [0.2, 0.25) is 10.0 Å². The van der Waals surface area contributed by atoms with Crippen LogP contribution in [0.15, 0.2) is 0 Å². The molecule has 6 nitrogen and oxygen atoms in total. The third kappa shape index (κ3) is 4.82. The molecule has 0 aromatic carbocycles. The number of ether oxygens (including phenoxy) is 1. The van der Waals surface area contributed by atoms with Crippen molar-refractivity contribution in [2.75, 3.05) is 42.9 Å². The van der Waals surface area contributed by atoms with Gasteiger partial charge in [0, 0.05) is 18.1 Å². The van der Waals surface area contributed by atoms with E-state index in [1.807, 2.05) is 0 Å². The summed E-state index contributed by atoms with van der Waals surface area (Å²) in [6, 6.07) is -0.256. The van der Waals surface area contributed by atoms with Gasteiger partial charge in [-0.2, -0.15) is 4.31 Å². The second-order valence-electron chi connectivity index (χ2n) is 3.94. The van der Waals surface area contributed by atoms with Crippen LogP contribution in [0.1, 0.15) is 0 Å². The molecule has 0 bridgehead atoms. The molecule has 102 valence electrons. The van der Waals surface area contributed by atoms with Crippen molar-refractivity contribution in [1.82, 2.24) is 4.31 Å². The Bertz CT molecular complexity index is 447. The van der Waals surface area contributed by atoms with Gasteiger partial charge in [0.15, 0.2) is 0 Å². The Hall–Kier alpha value is 0.300. The topological polar surface area (TPSA) is 80.8 Å². The largest absolute Gasteiger partial charge is 0.378 e. The molecule has 0 spiro atoms. The van der Waals surface area contributed by atoms with E-state index in [1.165, 1.54) is 4.31 Å². The van der Waals surface area contributed by atoms with Crippen LogP contribution < -0.4 is 0 Å². The summed E-state index contributed by atoms with van der Waals surface area (Å²) in [5.41, 5.74) is 0. The van der Waals surface area contributed by atoms with Crippen molar-refractivity contribution in [2.24, 2.45) is 0 Å². The van der Waals surface area contributed by atoms with Crippen LogP contribution in [0.3, 0.4) is 0 Å². The number of hydrogen-bond acceptors (Lipinski definition) is 5. The zero-order valence-electron chi connectivity index (χ0n) is 9.50. The molecule has 0 aromatic heterocycles. The van der Waals surface area contributed by atoms with Gasteiger partial charge in [0.05, 0.1) is 30.8 Å². The van der Waals surface area contributed by atoms with E-state index in [9.17, 15) is 16.8 Å². The van der Waals surface area contributed by atoms with Crippen LogP contribution in [-0.2, 0) is 24.6 Å². The number of alkyl halides is 1. The van der Waals surface area contributed by atoms with Crippen molar-refractivity contribution < 1.29 is 21.6 Å². The van der Waals surface area contributed by atoms with Crippen LogP contribution in [-0.4, -0.2) is 70.0 Å². The van der Waals surface area contributed by atoms with Crippen molar-refractivity contribution in [3.63, 3.8) is 0 Å². The van der Waals surface area contributed by atoms with Gasteiger partial charge in [-0.15, -0.1) is 0 Å². The summed E-state index contributed by atoms with van der Waals surface area (Å²) in [6.45, 7) is 0.966. The minimum absolute atomic E-state index is 0.256. The zero-order chi connectivity index (χ0) is 13.1. The summed E-state index contributed by atoms with van der Waals surface area (Å²) < 4.78 is 52.5. The van der Waals surface area contributed by atoms with Gasteiger partial charge in [-0.05, 0) is 0 Å². The Labute approximate surface area is 110 Å². The van der Waals surface area contributed by atoms with E-state index >= 15 is 0 Å². The molecular formula is C8H16BrNO5S2. The Balaban J connectivity index is 2.74. The van der Waals surface area contributed by atoms with E-state index < -0.39 is 19.9 Å². The molecule has 1 heterocycles. The first kappa shape index (κ1) is 15.4. The lowest BCUT2D eigenvalue weighted by Gasteiger charge is -2.33. The minimum atomic E-state index is -3.53. The predicted octanol–water partition coefficient (Wildman–Crippen LogP) is -0.543. The molecule has 1 atom stereocenters. The molecule has 1 aliphatic rings. The van der Waals surface area contributed by atoms with E-state index in [0.29, 0.717) is 18.5 Å². The van der Waals surface area contributed by atoms with Gasteiger partial charge in [0.1, 0.15) is 9.84 Å². The second-order valence-corrected chi connectivity index (χ2v) is 8.89. The van der Waals surface area contributed by atoms with E-state index in [1.54, 1.807) is 0 Å². The number of morpholine rings is 1. The maximum Gasteiger partial charge on any atom is 0.215 e. The summed E-state index contributed by atoms with van der Waals surface area (Å²) in [5, 5.41) is 0.477. The molecule has 0 radical (unpaired) electrons. The fraction of sp³-hybridized carbons (Fsp3) is 1.00. The molecule has 0 aromatic rings. The standard InChI is InChI=1S/C8H16BrNO5S2/c1-16(11,12)4-5-17(13,14)10-2-3-15-7-8(10)6-9/h8H,2-7H2,1H3. The number of sulfonamides is 1. The zero-order valence-corrected chi connectivity index (χ0v) is 12.7.